The molecule has 2 aromatic rings. The molecule has 4 aliphatic carbocycles. The highest BCUT2D eigenvalue weighted by Gasteiger charge is 2.96. The maximum Gasteiger partial charge on any atom is 0.234 e. The van der Waals surface area contributed by atoms with Crippen molar-refractivity contribution in [3.8, 4) is 0 Å². The van der Waals surface area contributed by atoms with Crippen molar-refractivity contribution >= 4 is 23.1 Å². The molecule has 2 atom stereocenters. The smallest absolute Gasteiger partial charge is 0.234 e. The summed E-state index contributed by atoms with van der Waals surface area (Å²) in [5, 5.41) is 3.39. The van der Waals surface area contributed by atoms with Gasteiger partial charge in [0, 0.05) is 11.8 Å². The zero-order chi connectivity index (χ0) is 14.5. The van der Waals surface area contributed by atoms with Crippen LogP contribution in [0.3, 0.4) is 0 Å². The number of anilines is 3. The van der Waals surface area contributed by atoms with Gasteiger partial charge < -0.3 is 10.2 Å². The Morgan fingerprint density at radius 1 is 1.23 bits per heavy atom. The summed E-state index contributed by atoms with van der Waals surface area (Å²) in [6.07, 6.45) is 2.91. The lowest BCUT2D eigenvalue weighted by Crippen LogP contribution is -2.48. The number of fused-ring (bicyclic) bond motifs is 2. The number of nitrogens with one attached hydrogen (secondary N) is 1. The topological polar surface area (TPSA) is 45.2 Å². The lowest BCUT2D eigenvalue weighted by atomic mass is 9.67. The summed E-state index contributed by atoms with van der Waals surface area (Å²) in [7, 11) is 0. The van der Waals surface area contributed by atoms with E-state index in [0.29, 0.717) is 12.5 Å². The van der Waals surface area contributed by atoms with Crippen molar-refractivity contribution in [3.05, 3.63) is 48.2 Å². The summed E-state index contributed by atoms with van der Waals surface area (Å²) in [6.45, 7) is 0.609. The standard InChI is InChI=1S/C18H15N3O/c22-17(18-8-11-14(18)15(11)18)21-9-10-4-3-7-19-16(10)20-12-5-1-2-6-13(12)21/h1-7,11,14-15H,8-9H2,(H,19,20). The number of pyridine rings is 1. The molecule has 1 aromatic heterocycles. The zero-order valence-electron chi connectivity index (χ0n) is 12.0. The van der Waals surface area contributed by atoms with Crippen LogP contribution < -0.4 is 10.2 Å². The molecule has 4 saturated carbocycles. The molecule has 2 bridgehead atoms. The van der Waals surface area contributed by atoms with Crippen molar-refractivity contribution < 1.29 is 4.79 Å². The number of hydrogen-bond acceptors (Lipinski definition) is 3. The number of carbonyl (C=O) groups is 1. The Labute approximate surface area is 128 Å². The molecule has 1 aliphatic heterocycles. The van der Waals surface area contributed by atoms with Gasteiger partial charge in [-0.15, -0.1) is 0 Å². The Morgan fingerprint density at radius 2 is 2.09 bits per heavy atom. The lowest BCUT2D eigenvalue weighted by molar-refractivity contribution is -0.132. The molecule has 0 saturated heterocycles. The highest BCUT2D eigenvalue weighted by Crippen LogP contribution is 2.96. The fraction of sp³-hybridized carbons (Fsp3) is 0.333. The quantitative estimate of drug-likeness (QED) is 0.878. The molecule has 1 amide bonds. The third-order valence-electron chi connectivity index (χ3n) is 6.13. The van der Waals surface area contributed by atoms with Gasteiger partial charge >= 0.3 is 0 Å². The monoisotopic (exact) mass is 289 g/mol. The number of amides is 1. The largest absolute Gasteiger partial charge is 0.338 e. The molecule has 1 aromatic carbocycles. The molecular formula is C18H15N3O. The fourth-order valence-electron chi connectivity index (χ4n) is 4.80. The molecule has 4 fully saturated rings. The van der Waals surface area contributed by atoms with Crippen LogP contribution in [-0.2, 0) is 11.3 Å². The van der Waals surface area contributed by atoms with Crippen LogP contribution in [0.15, 0.2) is 42.6 Å². The first kappa shape index (κ1) is 11.2. The van der Waals surface area contributed by atoms with E-state index in [0.717, 1.165) is 46.9 Å². The van der Waals surface area contributed by atoms with Crippen LogP contribution in [0, 0.1) is 23.2 Å². The van der Waals surface area contributed by atoms with Crippen LogP contribution in [0.4, 0.5) is 17.2 Å². The number of para-hydroxylation sites is 2. The molecule has 4 heteroatoms. The van der Waals surface area contributed by atoms with Crippen LogP contribution in [0.2, 0.25) is 0 Å². The summed E-state index contributed by atoms with van der Waals surface area (Å²) in [6, 6.07) is 12.0. The van der Waals surface area contributed by atoms with Gasteiger partial charge in [-0.1, -0.05) is 18.2 Å². The van der Waals surface area contributed by atoms with Crippen LogP contribution in [0.1, 0.15) is 12.0 Å². The molecule has 2 heterocycles. The number of benzene rings is 1. The van der Waals surface area contributed by atoms with E-state index in [1.165, 1.54) is 0 Å². The highest BCUT2D eigenvalue weighted by atomic mass is 16.2. The molecule has 7 rings (SSSR count). The van der Waals surface area contributed by atoms with Crippen molar-refractivity contribution in [1.82, 2.24) is 4.98 Å². The van der Waals surface area contributed by atoms with Crippen molar-refractivity contribution in [2.45, 2.75) is 13.0 Å². The summed E-state index contributed by atoms with van der Waals surface area (Å²) in [5.41, 5.74) is 3.04. The van der Waals surface area contributed by atoms with Gasteiger partial charge in [-0.25, -0.2) is 4.98 Å². The minimum Gasteiger partial charge on any atom is -0.338 e. The molecule has 5 aliphatic rings. The minimum atomic E-state index is 0.0183. The van der Waals surface area contributed by atoms with E-state index in [1.54, 1.807) is 6.20 Å². The first-order valence-electron chi connectivity index (χ1n) is 7.92. The second kappa shape index (κ2) is 3.35. The lowest BCUT2D eigenvalue weighted by Gasteiger charge is -2.41. The summed E-state index contributed by atoms with van der Waals surface area (Å²) >= 11 is 0. The van der Waals surface area contributed by atoms with E-state index in [4.69, 9.17) is 0 Å². The van der Waals surface area contributed by atoms with Gasteiger partial charge in [0.1, 0.15) is 5.82 Å². The normalized spacial score (nSPS) is 35.1. The van der Waals surface area contributed by atoms with Gasteiger partial charge in [0.2, 0.25) is 5.91 Å². The Bertz CT molecular complexity index is 836. The fourth-order valence-corrected chi connectivity index (χ4v) is 4.80. The Morgan fingerprint density at radius 3 is 2.86 bits per heavy atom. The van der Waals surface area contributed by atoms with E-state index in [-0.39, 0.29) is 5.41 Å². The SMILES string of the molecule is O=C(N1Cc2cccnc2Nc2ccccc21)C12CC3C1C32. The van der Waals surface area contributed by atoms with Crippen LogP contribution >= 0.6 is 0 Å². The average molecular weight is 289 g/mol. The van der Waals surface area contributed by atoms with Crippen molar-refractivity contribution in [2.75, 3.05) is 10.2 Å². The van der Waals surface area contributed by atoms with Crippen molar-refractivity contribution in [1.29, 1.82) is 0 Å². The van der Waals surface area contributed by atoms with E-state index >= 15 is 0 Å². The summed E-state index contributed by atoms with van der Waals surface area (Å²) in [5.74, 6) is 3.51. The molecular weight excluding hydrogens is 274 g/mol. The van der Waals surface area contributed by atoms with E-state index < -0.39 is 0 Å². The maximum atomic E-state index is 13.2. The number of rotatable bonds is 1. The summed E-state index contributed by atoms with van der Waals surface area (Å²) < 4.78 is 0. The van der Waals surface area contributed by atoms with Crippen LogP contribution in [0.5, 0.6) is 0 Å². The Hall–Kier alpha value is -2.36. The number of nitrogens with zero attached hydrogens (tertiary/aromatic N) is 2. The van der Waals surface area contributed by atoms with Gasteiger partial charge in [-0.2, -0.15) is 0 Å². The van der Waals surface area contributed by atoms with Gasteiger partial charge in [-0.05, 0) is 42.4 Å². The van der Waals surface area contributed by atoms with E-state index in [2.05, 4.69) is 16.4 Å². The third kappa shape index (κ3) is 1.10. The Kier molecular flexibility index (Phi) is 1.71. The molecule has 1 N–H and O–H groups in total. The van der Waals surface area contributed by atoms with Crippen molar-refractivity contribution in [2.24, 2.45) is 23.2 Å². The van der Waals surface area contributed by atoms with Crippen LogP contribution in [0.25, 0.3) is 0 Å². The molecule has 4 nitrogen and oxygen atoms in total. The van der Waals surface area contributed by atoms with Gasteiger partial charge in [0.05, 0.1) is 23.3 Å². The Balaban J connectivity index is 1.48. The first-order chi connectivity index (χ1) is 10.8. The second-order valence-corrected chi connectivity index (χ2v) is 7.00. The number of hydrogen-bond donors (Lipinski definition) is 1. The predicted octanol–water partition coefficient (Wildman–Crippen LogP) is 2.94. The molecule has 0 radical (unpaired) electrons. The van der Waals surface area contributed by atoms with Gasteiger partial charge in [0.15, 0.2) is 0 Å². The van der Waals surface area contributed by atoms with E-state index in [9.17, 15) is 4.79 Å². The third-order valence-corrected chi connectivity index (χ3v) is 6.13. The highest BCUT2D eigenvalue weighted by molar-refractivity contribution is 6.06. The number of carbonyl (C=O) groups excluding carboxylic acids is 1. The van der Waals surface area contributed by atoms with Crippen LogP contribution in [-0.4, -0.2) is 10.9 Å². The molecule has 108 valence electrons. The minimum absolute atomic E-state index is 0.0183. The number of aromatic nitrogens is 1. The maximum absolute atomic E-state index is 13.2. The predicted molar refractivity (Wildman–Crippen MR) is 82.7 cm³/mol. The molecule has 0 spiro atoms. The van der Waals surface area contributed by atoms with E-state index in [1.807, 2.05) is 35.2 Å². The first-order valence-corrected chi connectivity index (χ1v) is 7.92. The average Bonchev–Trinajstić information content (AvgIpc) is 3.34. The van der Waals surface area contributed by atoms with Gasteiger partial charge in [0.25, 0.3) is 0 Å². The van der Waals surface area contributed by atoms with Gasteiger partial charge in [-0.3, -0.25) is 4.79 Å². The zero-order valence-corrected chi connectivity index (χ0v) is 12.0. The second-order valence-electron chi connectivity index (χ2n) is 7.00. The summed E-state index contributed by atoms with van der Waals surface area (Å²) in [4.78, 5) is 19.6. The molecule has 22 heavy (non-hydrogen) atoms. The molecule has 2 unspecified atom stereocenters. The van der Waals surface area contributed by atoms with Crippen molar-refractivity contribution in [3.63, 3.8) is 0 Å².